The third kappa shape index (κ3) is 3.69. The van der Waals surface area contributed by atoms with Crippen LogP contribution >= 0.6 is 0 Å². The summed E-state index contributed by atoms with van der Waals surface area (Å²) in [4.78, 5) is 0. The van der Waals surface area contributed by atoms with Gasteiger partial charge in [0.1, 0.15) is 23.7 Å². The van der Waals surface area contributed by atoms with Crippen LogP contribution in [0.15, 0.2) is 30.5 Å². The molecule has 2 heterocycles. The van der Waals surface area contributed by atoms with Gasteiger partial charge in [0.2, 0.25) is 0 Å². The Labute approximate surface area is 134 Å². The molecule has 1 aliphatic heterocycles. The maximum Gasteiger partial charge on any atom is 0.163 e. The van der Waals surface area contributed by atoms with Gasteiger partial charge in [-0.1, -0.05) is 17.3 Å². The summed E-state index contributed by atoms with van der Waals surface area (Å²) in [6, 6.07) is 7.21. The van der Waals surface area contributed by atoms with Crippen molar-refractivity contribution in [2.24, 2.45) is 0 Å². The summed E-state index contributed by atoms with van der Waals surface area (Å²) in [5.41, 5.74) is 1.23. The maximum atomic E-state index is 10.4. The van der Waals surface area contributed by atoms with E-state index in [1.54, 1.807) is 42.3 Å². The number of aliphatic hydroxyl groups excluding tert-OH is 1. The van der Waals surface area contributed by atoms with Crippen LogP contribution < -0.4 is 4.74 Å². The normalized spacial score (nSPS) is 21.3. The molecule has 0 saturated carbocycles. The molecule has 0 amide bonds. The molecule has 1 unspecified atom stereocenters. The Balaban J connectivity index is 1.66. The quantitative estimate of drug-likeness (QED) is 0.900. The monoisotopic (exact) mass is 319 g/mol. The zero-order valence-corrected chi connectivity index (χ0v) is 13.5. The molecular weight excluding hydrogens is 298 g/mol. The van der Waals surface area contributed by atoms with Gasteiger partial charge < -0.3 is 19.3 Å². The summed E-state index contributed by atoms with van der Waals surface area (Å²) in [6.07, 6.45) is 0.827. The topological polar surface area (TPSA) is 78.6 Å². The predicted molar refractivity (Wildman–Crippen MR) is 82.0 cm³/mol. The Morgan fingerprint density at radius 3 is 2.74 bits per heavy atom. The molecular formula is C16H21N3O4. The van der Waals surface area contributed by atoms with Crippen molar-refractivity contribution in [3.05, 3.63) is 41.7 Å². The van der Waals surface area contributed by atoms with E-state index in [-0.39, 0.29) is 6.10 Å². The van der Waals surface area contributed by atoms with Gasteiger partial charge in [0.15, 0.2) is 5.79 Å². The third-order valence-electron chi connectivity index (χ3n) is 3.73. The van der Waals surface area contributed by atoms with Gasteiger partial charge in [-0.25, -0.2) is 4.68 Å². The molecule has 1 saturated heterocycles. The highest BCUT2D eigenvalue weighted by Crippen LogP contribution is 2.24. The van der Waals surface area contributed by atoms with Gasteiger partial charge in [-0.15, -0.1) is 5.10 Å². The van der Waals surface area contributed by atoms with Crippen LogP contribution in [0.5, 0.6) is 5.75 Å². The van der Waals surface area contributed by atoms with Crippen LogP contribution in [0.1, 0.15) is 31.2 Å². The van der Waals surface area contributed by atoms with Gasteiger partial charge in [-0.3, -0.25) is 0 Å². The minimum absolute atomic E-state index is 0.0716. The van der Waals surface area contributed by atoms with Crippen molar-refractivity contribution in [1.29, 1.82) is 0 Å². The first-order valence-corrected chi connectivity index (χ1v) is 7.51. The van der Waals surface area contributed by atoms with Gasteiger partial charge in [0, 0.05) is 0 Å². The van der Waals surface area contributed by atoms with Crippen LogP contribution in [-0.2, 0) is 16.0 Å². The van der Waals surface area contributed by atoms with Crippen molar-refractivity contribution in [3.63, 3.8) is 0 Å². The van der Waals surface area contributed by atoms with E-state index >= 15 is 0 Å². The first-order chi connectivity index (χ1) is 11.0. The first kappa shape index (κ1) is 15.9. The van der Waals surface area contributed by atoms with Crippen LogP contribution in [0, 0.1) is 0 Å². The van der Waals surface area contributed by atoms with E-state index in [0.717, 1.165) is 11.3 Å². The Morgan fingerprint density at radius 1 is 1.39 bits per heavy atom. The highest BCUT2D eigenvalue weighted by atomic mass is 16.7. The fraction of sp³-hybridized carbons (Fsp3) is 0.500. The molecule has 124 valence electrons. The molecule has 1 aromatic heterocycles. The fourth-order valence-electron chi connectivity index (χ4n) is 2.55. The van der Waals surface area contributed by atoms with Gasteiger partial charge >= 0.3 is 0 Å². The van der Waals surface area contributed by atoms with Gasteiger partial charge in [0.25, 0.3) is 0 Å². The van der Waals surface area contributed by atoms with Gasteiger partial charge in [-0.05, 0) is 31.5 Å². The SMILES string of the molecule is COc1ccc(C(O)c2cn(C[C@H]3COC(C)(C)O3)nn2)cc1. The average Bonchev–Trinajstić information content (AvgIpc) is 3.13. The molecule has 1 N–H and O–H groups in total. The van der Waals surface area contributed by atoms with E-state index in [9.17, 15) is 5.11 Å². The molecule has 1 fully saturated rings. The molecule has 7 heteroatoms. The minimum atomic E-state index is -0.827. The first-order valence-electron chi connectivity index (χ1n) is 7.51. The molecule has 3 rings (SSSR count). The minimum Gasteiger partial charge on any atom is -0.497 e. The lowest BCUT2D eigenvalue weighted by Crippen LogP contribution is -2.24. The van der Waals surface area contributed by atoms with Gasteiger partial charge in [-0.2, -0.15) is 0 Å². The van der Waals surface area contributed by atoms with Crippen LogP contribution in [0.25, 0.3) is 0 Å². The van der Waals surface area contributed by atoms with E-state index in [4.69, 9.17) is 14.2 Å². The molecule has 23 heavy (non-hydrogen) atoms. The highest BCUT2D eigenvalue weighted by molar-refractivity contribution is 5.31. The number of aromatic nitrogens is 3. The molecule has 2 atom stereocenters. The number of ether oxygens (including phenoxy) is 3. The smallest absolute Gasteiger partial charge is 0.163 e. The van der Waals surface area contributed by atoms with E-state index in [1.165, 1.54) is 0 Å². The number of nitrogens with zero attached hydrogens (tertiary/aromatic N) is 3. The number of hydrogen-bond acceptors (Lipinski definition) is 6. The summed E-state index contributed by atoms with van der Waals surface area (Å²) in [5, 5.41) is 18.5. The average molecular weight is 319 g/mol. The molecule has 2 aromatic rings. The number of methoxy groups -OCH3 is 1. The molecule has 1 aliphatic rings. The number of benzene rings is 1. The number of hydrogen-bond donors (Lipinski definition) is 1. The zero-order chi connectivity index (χ0) is 16.4. The van der Waals surface area contributed by atoms with E-state index in [0.29, 0.717) is 18.8 Å². The van der Waals surface area contributed by atoms with Crippen molar-refractivity contribution in [1.82, 2.24) is 15.0 Å². The summed E-state index contributed by atoms with van der Waals surface area (Å²) in [5.74, 6) is 0.182. The third-order valence-corrected chi connectivity index (χ3v) is 3.73. The lowest BCUT2D eigenvalue weighted by atomic mass is 10.1. The van der Waals surface area contributed by atoms with Crippen molar-refractivity contribution in [2.75, 3.05) is 13.7 Å². The predicted octanol–water partition coefficient (Wildman–Crippen LogP) is 1.52. The van der Waals surface area contributed by atoms with E-state index in [2.05, 4.69) is 10.3 Å². The summed E-state index contributed by atoms with van der Waals surface area (Å²) < 4.78 is 18.0. The zero-order valence-electron chi connectivity index (χ0n) is 13.5. The van der Waals surface area contributed by atoms with E-state index < -0.39 is 11.9 Å². The lowest BCUT2D eigenvalue weighted by molar-refractivity contribution is -0.139. The van der Waals surface area contributed by atoms with Crippen molar-refractivity contribution < 1.29 is 19.3 Å². The Hall–Kier alpha value is -1.96. The fourth-order valence-corrected chi connectivity index (χ4v) is 2.55. The molecule has 0 aliphatic carbocycles. The Morgan fingerprint density at radius 2 is 2.13 bits per heavy atom. The maximum absolute atomic E-state index is 10.4. The second kappa shape index (κ2) is 6.27. The van der Waals surface area contributed by atoms with Crippen LogP contribution in [0.4, 0.5) is 0 Å². The highest BCUT2D eigenvalue weighted by Gasteiger charge is 2.33. The largest absolute Gasteiger partial charge is 0.497 e. The lowest BCUT2D eigenvalue weighted by Gasteiger charge is -2.16. The molecule has 0 spiro atoms. The molecule has 0 bridgehead atoms. The molecule has 1 aromatic carbocycles. The van der Waals surface area contributed by atoms with Crippen LogP contribution in [0.2, 0.25) is 0 Å². The summed E-state index contributed by atoms with van der Waals surface area (Å²) in [7, 11) is 1.60. The van der Waals surface area contributed by atoms with Crippen LogP contribution in [-0.4, -0.2) is 45.7 Å². The molecule has 7 nitrogen and oxygen atoms in total. The second-order valence-corrected chi connectivity index (χ2v) is 5.99. The Kier molecular flexibility index (Phi) is 4.34. The number of rotatable bonds is 5. The van der Waals surface area contributed by atoms with Crippen molar-refractivity contribution in [2.45, 2.75) is 38.4 Å². The standard InChI is InChI=1S/C16H21N3O4/c1-16(2)22-10-13(23-16)8-19-9-14(17-18-19)15(20)11-4-6-12(21-3)7-5-11/h4-7,9,13,15,20H,8,10H2,1-3H3/t13-,15?/m0/s1. The van der Waals surface area contributed by atoms with E-state index in [1.807, 2.05) is 13.8 Å². The summed E-state index contributed by atoms with van der Waals surface area (Å²) in [6.45, 7) is 4.81. The summed E-state index contributed by atoms with van der Waals surface area (Å²) >= 11 is 0. The van der Waals surface area contributed by atoms with Crippen molar-refractivity contribution in [3.8, 4) is 5.75 Å². The van der Waals surface area contributed by atoms with Crippen molar-refractivity contribution >= 4 is 0 Å². The van der Waals surface area contributed by atoms with Gasteiger partial charge in [0.05, 0.1) is 26.5 Å². The number of aliphatic hydroxyl groups is 1. The van der Waals surface area contributed by atoms with Crippen LogP contribution in [0.3, 0.4) is 0 Å². The second-order valence-electron chi connectivity index (χ2n) is 5.99. The Bertz CT molecular complexity index is 654. The molecule has 0 radical (unpaired) electrons.